The molecule has 3 aromatic heterocycles. The number of thiophene rings is 2. The third-order valence-electron chi connectivity index (χ3n) is 5.99. The highest BCUT2D eigenvalue weighted by atomic mass is 32.1. The molecule has 1 aliphatic heterocycles. The Morgan fingerprint density at radius 2 is 1.75 bits per heavy atom. The van der Waals surface area contributed by atoms with Crippen molar-refractivity contribution in [3.05, 3.63) is 74.5 Å². The van der Waals surface area contributed by atoms with E-state index in [-0.39, 0.29) is 0 Å². The van der Waals surface area contributed by atoms with E-state index in [1.165, 1.54) is 16.0 Å². The smallest absolute Gasteiger partial charge is 0.407 e. The Hall–Kier alpha value is -3.30. The number of aromatic nitrogens is 3. The Labute approximate surface area is 218 Å². The Morgan fingerprint density at radius 3 is 2.47 bits per heavy atom. The number of aryl methyl sites for hydroxylation is 2. The number of aliphatic imine (C=N–C) groups is 1. The van der Waals surface area contributed by atoms with Gasteiger partial charge in [-0.3, -0.25) is 9.56 Å². The van der Waals surface area contributed by atoms with Crippen LogP contribution >= 0.6 is 22.7 Å². The molecule has 7 nitrogen and oxygen atoms in total. The number of hydrogen-bond donors (Lipinski definition) is 1. The van der Waals surface area contributed by atoms with Crippen LogP contribution in [0.5, 0.6) is 0 Å². The fourth-order valence-electron chi connectivity index (χ4n) is 4.18. The number of fused-ring (bicyclic) bond motifs is 3. The second-order valence-electron chi connectivity index (χ2n) is 9.83. The monoisotopic (exact) mass is 519 g/mol. The molecular formula is C27H29N5O2S2. The van der Waals surface area contributed by atoms with Gasteiger partial charge in [-0.25, -0.2) is 4.79 Å². The molecule has 1 N–H and O–H groups in total. The number of hydrogen-bond acceptors (Lipinski definition) is 7. The molecule has 4 aromatic rings. The molecule has 0 unspecified atom stereocenters. The van der Waals surface area contributed by atoms with Crippen LogP contribution in [0.25, 0.3) is 15.4 Å². The number of nitrogens with one attached hydrogen (secondary N) is 1. The number of nitrogens with zero attached hydrogens (tertiary/aromatic N) is 4. The third-order valence-corrected chi connectivity index (χ3v) is 8.31. The maximum absolute atomic E-state index is 12.0. The summed E-state index contributed by atoms with van der Waals surface area (Å²) in [6, 6.07) is 12.7. The third kappa shape index (κ3) is 4.73. The molecule has 0 saturated heterocycles. The largest absolute Gasteiger partial charge is 0.444 e. The van der Waals surface area contributed by atoms with Crippen LogP contribution in [-0.4, -0.2) is 32.2 Å². The number of ether oxygens (including phenoxy) is 1. The summed E-state index contributed by atoms with van der Waals surface area (Å²) in [5.41, 5.74) is 5.12. The summed E-state index contributed by atoms with van der Waals surface area (Å²) in [5, 5.41) is 12.6. The highest BCUT2D eigenvalue weighted by molar-refractivity contribution is 7.15. The zero-order chi connectivity index (χ0) is 25.6. The van der Waals surface area contributed by atoms with Crippen molar-refractivity contribution in [2.45, 2.75) is 60.2 Å². The zero-order valence-corrected chi connectivity index (χ0v) is 22.9. The van der Waals surface area contributed by atoms with E-state index in [4.69, 9.17) is 9.73 Å². The SMILES string of the molecule is Cc1sc2c(c1C)C(c1ccc(-c3ccc(CNC(=O)OC(C)(C)C)s3)cc1)=NCc1nnc(C)n1-2. The fraction of sp³-hybridized carbons (Fsp3) is 0.333. The molecule has 0 fully saturated rings. The van der Waals surface area contributed by atoms with E-state index in [2.05, 4.69) is 64.3 Å². The second-order valence-corrected chi connectivity index (χ2v) is 12.2. The molecule has 1 aromatic carbocycles. The first-order valence-electron chi connectivity index (χ1n) is 11.8. The molecule has 186 valence electrons. The Balaban J connectivity index is 1.38. The van der Waals surface area contributed by atoms with E-state index in [1.807, 2.05) is 33.8 Å². The molecule has 0 atom stereocenters. The van der Waals surface area contributed by atoms with Gasteiger partial charge in [-0.2, -0.15) is 0 Å². The molecule has 1 aliphatic rings. The van der Waals surface area contributed by atoms with Crippen molar-refractivity contribution in [2.75, 3.05) is 0 Å². The summed E-state index contributed by atoms with van der Waals surface area (Å²) in [5.74, 6) is 1.75. The summed E-state index contributed by atoms with van der Waals surface area (Å²) in [6.45, 7) is 12.8. The van der Waals surface area contributed by atoms with Crippen LogP contribution in [0.15, 0.2) is 41.4 Å². The van der Waals surface area contributed by atoms with Crippen LogP contribution in [0.3, 0.4) is 0 Å². The topological polar surface area (TPSA) is 81.4 Å². The molecule has 0 bridgehead atoms. The van der Waals surface area contributed by atoms with Gasteiger partial charge in [0.05, 0.1) is 12.3 Å². The van der Waals surface area contributed by atoms with Gasteiger partial charge in [-0.05, 0) is 64.8 Å². The molecular weight excluding hydrogens is 490 g/mol. The Kier molecular flexibility index (Phi) is 6.30. The van der Waals surface area contributed by atoms with Gasteiger partial charge in [0.1, 0.15) is 23.0 Å². The molecule has 0 radical (unpaired) electrons. The second kappa shape index (κ2) is 9.29. The number of rotatable bonds is 4. The lowest BCUT2D eigenvalue weighted by atomic mass is 9.98. The first-order chi connectivity index (χ1) is 17.1. The van der Waals surface area contributed by atoms with Gasteiger partial charge in [-0.15, -0.1) is 32.9 Å². The molecule has 9 heteroatoms. The molecule has 0 saturated carbocycles. The van der Waals surface area contributed by atoms with Gasteiger partial charge >= 0.3 is 6.09 Å². The van der Waals surface area contributed by atoms with Gasteiger partial charge < -0.3 is 10.1 Å². The molecule has 0 aliphatic carbocycles. The van der Waals surface area contributed by atoms with E-state index in [1.54, 1.807) is 22.7 Å². The summed E-state index contributed by atoms with van der Waals surface area (Å²) in [7, 11) is 0. The van der Waals surface area contributed by atoms with E-state index >= 15 is 0 Å². The number of amides is 1. The van der Waals surface area contributed by atoms with Crippen LogP contribution in [0.4, 0.5) is 4.79 Å². The van der Waals surface area contributed by atoms with Crippen molar-refractivity contribution in [3.8, 4) is 15.4 Å². The van der Waals surface area contributed by atoms with Gasteiger partial charge in [0.15, 0.2) is 5.82 Å². The predicted octanol–water partition coefficient (Wildman–Crippen LogP) is 6.36. The predicted molar refractivity (Wildman–Crippen MR) is 146 cm³/mol. The van der Waals surface area contributed by atoms with Crippen LogP contribution in [0, 0.1) is 20.8 Å². The standard InChI is InChI=1S/C27H29N5O2S2/c1-15-16(2)35-25-23(15)24(28-14-22-31-30-17(3)32(22)25)19-9-7-18(8-10-19)21-12-11-20(36-21)13-29-26(33)34-27(4,5)6/h7-12H,13-14H2,1-6H3,(H,29,33). The van der Waals surface area contributed by atoms with Gasteiger partial charge in [0.25, 0.3) is 0 Å². The highest BCUT2D eigenvalue weighted by Gasteiger charge is 2.26. The average molecular weight is 520 g/mol. The van der Waals surface area contributed by atoms with E-state index < -0.39 is 11.7 Å². The van der Waals surface area contributed by atoms with Crippen molar-refractivity contribution in [1.82, 2.24) is 20.1 Å². The summed E-state index contributed by atoms with van der Waals surface area (Å²) in [6.07, 6.45) is -0.405. The van der Waals surface area contributed by atoms with Gasteiger partial charge in [0, 0.05) is 25.8 Å². The number of alkyl carbamates (subject to hydrolysis) is 1. The minimum atomic E-state index is -0.509. The van der Waals surface area contributed by atoms with E-state index in [0.717, 1.165) is 43.2 Å². The Morgan fingerprint density at radius 1 is 1.03 bits per heavy atom. The number of benzene rings is 1. The molecule has 5 rings (SSSR count). The minimum Gasteiger partial charge on any atom is -0.444 e. The molecule has 1 amide bonds. The van der Waals surface area contributed by atoms with Crippen LogP contribution in [0.2, 0.25) is 0 Å². The quantitative estimate of drug-likeness (QED) is 0.340. The maximum atomic E-state index is 12.0. The zero-order valence-electron chi connectivity index (χ0n) is 21.3. The summed E-state index contributed by atoms with van der Waals surface area (Å²) < 4.78 is 7.46. The lowest BCUT2D eigenvalue weighted by molar-refractivity contribution is 0.0524. The minimum absolute atomic E-state index is 0.405. The van der Waals surface area contributed by atoms with Crippen LogP contribution < -0.4 is 5.32 Å². The van der Waals surface area contributed by atoms with Crippen molar-refractivity contribution >= 4 is 34.5 Å². The first-order valence-corrected chi connectivity index (χ1v) is 13.5. The molecule has 4 heterocycles. The van der Waals surface area contributed by atoms with E-state index in [0.29, 0.717) is 13.1 Å². The molecule has 0 spiro atoms. The van der Waals surface area contributed by atoms with Crippen LogP contribution in [0.1, 0.15) is 58.9 Å². The summed E-state index contributed by atoms with van der Waals surface area (Å²) >= 11 is 3.43. The summed E-state index contributed by atoms with van der Waals surface area (Å²) in [4.78, 5) is 20.4. The van der Waals surface area contributed by atoms with Gasteiger partial charge in [0.2, 0.25) is 0 Å². The normalized spacial score (nSPS) is 13.0. The van der Waals surface area contributed by atoms with Gasteiger partial charge in [-0.1, -0.05) is 24.3 Å². The van der Waals surface area contributed by atoms with E-state index in [9.17, 15) is 4.79 Å². The fourth-order valence-corrected chi connectivity index (χ4v) is 6.36. The van der Waals surface area contributed by atoms with Crippen LogP contribution in [-0.2, 0) is 17.8 Å². The maximum Gasteiger partial charge on any atom is 0.407 e. The van der Waals surface area contributed by atoms with Crippen molar-refractivity contribution in [1.29, 1.82) is 0 Å². The van der Waals surface area contributed by atoms with Crippen molar-refractivity contribution < 1.29 is 9.53 Å². The first kappa shape index (κ1) is 24.4. The number of carbonyl (C=O) groups excluding carboxylic acids is 1. The Bertz CT molecular complexity index is 1470. The lowest BCUT2D eigenvalue weighted by Crippen LogP contribution is -2.31. The lowest BCUT2D eigenvalue weighted by Gasteiger charge is -2.19. The number of carbonyl (C=O) groups is 1. The average Bonchev–Trinajstić information content (AvgIpc) is 3.48. The highest BCUT2D eigenvalue weighted by Crippen LogP contribution is 2.36. The molecule has 36 heavy (non-hydrogen) atoms. The van der Waals surface area contributed by atoms with Crippen molar-refractivity contribution in [3.63, 3.8) is 0 Å². The van der Waals surface area contributed by atoms with Crippen molar-refractivity contribution in [2.24, 2.45) is 4.99 Å².